The van der Waals surface area contributed by atoms with Crippen molar-refractivity contribution in [2.75, 3.05) is 11.9 Å². The van der Waals surface area contributed by atoms with Crippen molar-refractivity contribution in [3.63, 3.8) is 0 Å². The van der Waals surface area contributed by atoms with Gasteiger partial charge in [0.2, 0.25) is 11.8 Å². The molecule has 10 heteroatoms. The van der Waals surface area contributed by atoms with Crippen LogP contribution in [0.4, 0.5) is 0 Å². The highest BCUT2D eigenvalue weighted by Gasteiger charge is 2.57. The average Bonchev–Trinajstić information content (AvgIpc) is 2.88. The van der Waals surface area contributed by atoms with Gasteiger partial charge in [0, 0.05) is 12.3 Å². The van der Waals surface area contributed by atoms with Crippen LogP contribution in [0.1, 0.15) is 24.2 Å². The minimum Gasteiger partial charge on any atom is -0.461 e. The second-order valence-corrected chi connectivity index (χ2v) is 9.67. The van der Waals surface area contributed by atoms with Gasteiger partial charge in [-0.15, -0.1) is 11.8 Å². The Bertz CT molecular complexity index is 1100. The highest BCUT2D eigenvalue weighted by Crippen LogP contribution is 2.41. The summed E-state index contributed by atoms with van der Waals surface area (Å²) in [5.74, 6) is -2.29. The van der Waals surface area contributed by atoms with Crippen LogP contribution in [-0.4, -0.2) is 58.0 Å². The van der Waals surface area contributed by atoms with Crippen molar-refractivity contribution < 1.29 is 28.7 Å². The van der Waals surface area contributed by atoms with Gasteiger partial charge < -0.3 is 19.7 Å². The molecular weight excluding hydrogens is 536 g/mol. The lowest BCUT2D eigenvalue weighted by atomic mass is 9.97. The van der Waals surface area contributed by atoms with Gasteiger partial charge in [0.15, 0.2) is 12.1 Å². The van der Waals surface area contributed by atoms with E-state index >= 15 is 0 Å². The number of nitrogens with one attached hydrogen (secondary N) is 1. The Hall–Kier alpha value is -3.11. The molecule has 8 nitrogen and oxygen atoms in total. The van der Waals surface area contributed by atoms with E-state index in [1.807, 2.05) is 60.7 Å². The summed E-state index contributed by atoms with van der Waals surface area (Å²) >= 11 is 4.38. The number of hydrogen-bond donors (Lipinski definition) is 1. The lowest BCUT2D eigenvalue weighted by Gasteiger charge is -2.51. The van der Waals surface area contributed by atoms with Crippen LogP contribution in [0.25, 0.3) is 0 Å². The van der Waals surface area contributed by atoms with Gasteiger partial charge in [-0.25, -0.2) is 9.59 Å². The number of nitrogens with zero attached hydrogens (tertiary/aromatic N) is 1. The summed E-state index contributed by atoms with van der Waals surface area (Å²) in [4.78, 5) is 52.2. The first kappa shape index (κ1) is 25.0. The van der Waals surface area contributed by atoms with E-state index in [0.717, 1.165) is 11.1 Å². The third-order valence-corrected chi connectivity index (χ3v) is 7.05. The minimum atomic E-state index is -1.29. The number of β-lactam (4-membered cyclic amide) rings is 1. The number of ether oxygens (including phenoxy) is 2. The van der Waals surface area contributed by atoms with Gasteiger partial charge in [-0.3, -0.25) is 9.59 Å². The molecule has 1 fully saturated rings. The number of carbonyl (C=O) groups is 4. The zero-order valence-electron chi connectivity index (χ0n) is 18.8. The van der Waals surface area contributed by atoms with Crippen LogP contribution in [0.5, 0.6) is 0 Å². The third kappa shape index (κ3) is 5.28. The normalized spacial score (nSPS) is 20.9. The SMILES string of the molecule is CC(=O)NC1C(=O)N2C(C(=O)OC(c3ccccc3)c3ccccc3)C(C(=O)OCCBr)=CS[C@@H]12. The molecule has 1 saturated heterocycles. The van der Waals surface area contributed by atoms with Crippen molar-refractivity contribution in [3.05, 3.63) is 82.8 Å². The summed E-state index contributed by atoms with van der Waals surface area (Å²) in [6.45, 7) is 1.42. The first-order chi connectivity index (χ1) is 16.9. The number of esters is 2. The van der Waals surface area contributed by atoms with Gasteiger partial charge in [-0.1, -0.05) is 76.6 Å². The van der Waals surface area contributed by atoms with Crippen molar-refractivity contribution in [2.24, 2.45) is 0 Å². The number of alkyl halides is 1. The number of rotatable bonds is 8. The summed E-state index contributed by atoms with van der Waals surface area (Å²) < 4.78 is 11.2. The first-order valence-electron chi connectivity index (χ1n) is 10.9. The molecule has 0 spiro atoms. The van der Waals surface area contributed by atoms with E-state index in [9.17, 15) is 19.2 Å². The molecule has 182 valence electrons. The summed E-state index contributed by atoms with van der Waals surface area (Å²) in [5.41, 5.74) is 1.51. The van der Waals surface area contributed by atoms with E-state index < -0.39 is 41.4 Å². The van der Waals surface area contributed by atoms with Gasteiger partial charge in [-0.2, -0.15) is 0 Å². The Balaban J connectivity index is 1.66. The van der Waals surface area contributed by atoms with Gasteiger partial charge >= 0.3 is 11.9 Å². The van der Waals surface area contributed by atoms with E-state index in [2.05, 4.69) is 21.2 Å². The topological polar surface area (TPSA) is 102 Å². The molecule has 0 aromatic heterocycles. The number of hydrogen-bond acceptors (Lipinski definition) is 7. The summed E-state index contributed by atoms with van der Waals surface area (Å²) in [7, 11) is 0. The maximum Gasteiger partial charge on any atom is 0.337 e. The van der Waals surface area contributed by atoms with Crippen LogP contribution >= 0.6 is 27.7 Å². The van der Waals surface area contributed by atoms with Crippen LogP contribution < -0.4 is 5.32 Å². The molecule has 2 heterocycles. The van der Waals surface area contributed by atoms with Crippen molar-refractivity contribution in [1.29, 1.82) is 0 Å². The van der Waals surface area contributed by atoms with Crippen molar-refractivity contribution in [1.82, 2.24) is 10.2 Å². The highest BCUT2D eigenvalue weighted by atomic mass is 79.9. The molecule has 35 heavy (non-hydrogen) atoms. The van der Waals surface area contributed by atoms with Crippen LogP contribution in [-0.2, 0) is 28.7 Å². The predicted octanol–water partition coefficient (Wildman–Crippen LogP) is 2.93. The second-order valence-electron chi connectivity index (χ2n) is 7.89. The zero-order chi connectivity index (χ0) is 24.9. The van der Waals surface area contributed by atoms with Crippen molar-refractivity contribution in [2.45, 2.75) is 30.5 Å². The highest BCUT2D eigenvalue weighted by molar-refractivity contribution is 9.09. The van der Waals surface area contributed by atoms with Crippen LogP contribution in [0.3, 0.4) is 0 Å². The minimum absolute atomic E-state index is 0.0201. The summed E-state index contributed by atoms with van der Waals surface area (Å²) in [6, 6.07) is 16.4. The molecule has 0 saturated carbocycles. The van der Waals surface area contributed by atoms with Crippen LogP contribution in [0.2, 0.25) is 0 Å². The molecule has 2 aliphatic heterocycles. The van der Waals surface area contributed by atoms with E-state index in [1.54, 1.807) is 0 Å². The molecule has 2 aromatic rings. The molecule has 0 aliphatic carbocycles. The molecular formula is C25H23BrN2O6S. The monoisotopic (exact) mass is 558 g/mol. The fraction of sp³-hybridized carbons (Fsp3) is 0.280. The second kappa shape index (κ2) is 11.1. The number of fused-ring (bicyclic) bond motifs is 1. The number of halogens is 1. The fourth-order valence-corrected chi connectivity index (χ4v) is 5.37. The molecule has 2 aromatic carbocycles. The maximum absolute atomic E-state index is 13.6. The Kier molecular flexibility index (Phi) is 7.92. The maximum atomic E-state index is 13.6. The van der Waals surface area contributed by atoms with Crippen LogP contribution in [0.15, 0.2) is 71.6 Å². The number of thioether (sulfide) groups is 1. The Morgan fingerprint density at radius 1 is 1.06 bits per heavy atom. The van der Waals surface area contributed by atoms with E-state index in [0.29, 0.717) is 5.33 Å². The summed E-state index contributed by atoms with van der Waals surface area (Å²) in [6.07, 6.45) is -0.750. The van der Waals surface area contributed by atoms with Crippen molar-refractivity contribution >= 4 is 51.4 Å². The average molecular weight is 559 g/mol. The number of carbonyl (C=O) groups excluding carboxylic acids is 4. The predicted molar refractivity (Wildman–Crippen MR) is 133 cm³/mol. The van der Waals surface area contributed by atoms with Crippen LogP contribution in [0, 0.1) is 0 Å². The molecule has 0 radical (unpaired) electrons. The first-order valence-corrected chi connectivity index (χ1v) is 13.0. The van der Waals surface area contributed by atoms with E-state index in [4.69, 9.17) is 9.47 Å². The molecule has 4 rings (SSSR count). The molecule has 2 unspecified atom stereocenters. The molecule has 3 atom stereocenters. The van der Waals surface area contributed by atoms with Gasteiger partial charge in [0.25, 0.3) is 0 Å². The lowest BCUT2D eigenvalue weighted by Crippen LogP contribution is -2.74. The smallest absolute Gasteiger partial charge is 0.337 e. The molecule has 0 bridgehead atoms. The molecule has 1 N–H and O–H groups in total. The molecule has 2 amide bonds. The van der Waals surface area contributed by atoms with E-state index in [-0.39, 0.29) is 18.1 Å². The van der Waals surface area contributed by atoms with E-state index in [1.165, 1.54) is 29.0 Å². The number of benzene rings is 2. The van der Waals surface area contributed by atoms with Gasteiger partial charge in [0.05, 0.1) is 5.57 Å². The Morgan fingerprint density at radius 2 is 1.66 bits per heavy atom. The number of amides is 2. The van der Waals surface area contributed by atoms with Gasteiger partial charge in [-0.05, 0) is 16.5 Å². The quantitative estimate of drug-likeness (QED) is 0.302. The van der Waals surface area contributed by atoms with Gasteiger partial charge in [0.1, 0.15) is 18.0 Å². The Morgan fingerprint density at radius 3 is 2.20 bits per heavy atom. The largest absolute Gasteiger partial charge is 0.461 e. The molecule has 2 aliphatic rings. The standard InChI is InChI=1S/C25H23BrN2O6S/c1-15(29)27-19-22(30)28-20(18(14-35-23(19)28)24(31)33-13-12-26)25(32)34-21(16-8-4-2-5-9-16)17-10-6-3-7-11-17/h2-11,14,19-21,23H,12-13H2,1H3,(H,27,29)/t19?,20?,23-/m0/s1. The fourth-order valence-electron chi connectivity index (χ4n) is 3.99. The Labute approximate surface area is 215 Å². The zero-order valence-corrected chi connectivity index (χ0v) is 21.2. The lowest BCUT2D eigenvalue weighted by molar-refractivity contribution is -0.166. The third-order valence-electron chi connectivity index (χ3n) is 5.55. The summed E-state index contributed by atoms with van der Waals surface area (Å²) in [5, 5.41) is 4.01. The van der Waals surface area contributed by atoms with Crippen molar-refractivity contribution in [3.8, 4) is 0 Å².